The lowest BCUT2D eigenvalue weighted by molar-refractivity contribution is -0.119. The van der Waals surface area contributed by atoms with Crippen molar-refractivity contribution >= 4 is 17.5 Å². The monoisotopic (exact) mass is 412 g/mol. The van der Waals surface area contributed by atoms with Crippen molar-refractivity contribution in [3.63, 3.8) is 0 Å². The molecule has 2 aromatic carbocycles. The fourth-order valence-corrected chi connectivity index (χ4v) is 3.41. The quantitative estimate of drug-likeness (QED) is 0.594. The van der Waals surface area contributed by atoms with Crippen molar-refractivity contribution in [1.29, 1.82) is 0 Å². The molecule has 1 atom stereocenters. The molecular formula is C23H22ClFN2O2. The minimum atomic E-state index is -0.345. The molecule has 3 rings (SSSR count). The van der Waals surface area contributed by atoms with Crippen LogP contribution >= 0.6 is 11.6 Å². The molecule has 0 aliphatic carbocycles. The second-order valence-corrected chi connectivity index (χ2v) is 7.25. The number of pyridine rings is 1. The van der Waals surface area contributed by atoms with Crippen LogP contribution in [0.2, 0.25) is 5.02 Å². The maximum Gasteiger partial charge on any atom is 0.217 e. The minimum Gasteiger partial charge on any atom is -0.496 e. The molecule has 1 heterocycles. The van der Waals surface area contributed by atoms with Crippen molar-refractivity contribution in [1.82, 2.24) is 10.3 Å². The molecule has 1 unspecified atom stereocenters. The van der Waals surface area contributed by atoms with E-state index in [1.54, 1.807) is 42.6 Å². The first-order valence-electron chi connectivity index (χ1n) is 9.22. The summed E-state index contributed by atoms with van der Waals surface area (Å²) in [5, 5.41) is 3.32. The van der Waals surface area contributed by atoms with Gasteiger partial charge in [0, 0.05) is 24.6 Å². The van der Waals surface area contributed by atoms with E-state index in [0.29, 0.717) is 33.9 Å². The number of hydrogen-bond donors (Lipinski definition) is 1. The van der Waals surface area contributed by atoms with Gasteiger partial charge in [-0.05, 0) is 47.9 Å². The Balaban J connectivity index is 1.90. The summed E-state index contributed by atoms with van der Waals surface area (Å²) in [6, 6.07) is 14.1. The van der Waals surface area contributed by atoms with Crippen molar-refractivity contribution in [2.75, 3.05) is 7.11 Å². The molecular weight excluding hydrogens is 391 g/mol. The molecule has 0 fully saturated rings. The van der Waals surface area contributed by atoms with Gasteiger partial charge in [-0.2, -0.15) is 0 Å². The number of carbonyl (C=O) groups excluding carboxylic acids is 1. The van der Waals surface area contributed by atoms with Crippen molar-refractivity contribution in [3.05, 3.63) is 82.4 Å². The molecule has 0 radical (unpaired) electrons. The number of nitrogens with zero attached hydrogens (tertiary/aromatic N) is 1. The van der Waals surface area contributed by atoms with Crippen LogP contribution in [0, 0.1) is 5.82 Å². The van der Waals surface area contributed by atoms with E-state index in [9.17, 15) is 4.79 Å². The van der Waals surface area contributed by atoms with Crippen molar-refractivity contribution in [2.45, 2.75) is 26.3 Å². The zero-order valence-electron chi connectivity index (χ0n) is 16.5. The van der Waals surface area contributed by atoms with Gasteiger partial charge in [0.25, 0.3) is 0 Å². The highest BCUT2D eigenvalue weighted by Gasteiger charge is 2.17. The van der Waals surface area contributed by atoms with E-state index in [1.165, 1.54) is 14.0 Å². The zero-order valence-corrected chi connectivity index (χ0v) is 17.3. The molecule has 3 aromatic rings. The second kappa shape index (κ2) is 9.05. The molecule has 0 aliphatic rings. The number of ether oxygens (including phenoxy) is 1. The van der Waals surface area contributed by atoms with Gasteiger partial charge in [-0.25, -0.2) is 4.39 Å². The molecule has 0 saturated carbocycles. The van der Waals surface area contributed by atoms with E-state index in [-0.39, 0.29) is 17.8 Å². The van der Waals surface area contributed by atoms with Crippen molar-refractivity contribution in [3.8, 4) is 16.9 Å². The fraction of sp³-hybridized carbons (Fsp3) is 0.217. The maximum atomic E-state index is 15.4. The van der Waals surface area contributed by atoms with Gasteiger partial charge >= 0.3 is 0 Å². The Kier molecular flexibility index (Phi) is 6.49. The highest BCUT2D eigenvalue weighted by atomic mass is 35.5. The largest absolute Gasteiger partial charge is 0.496 e. The van der Waals surface area contributed by atoms with E-state index in [4.69, 9.17) is 16.3 Å². The van der Waals surface area contributed by atoms with Crippen LogP contribution in [0.15, 0.2) is 54.7 Å². The summed E-state index contributed by atoms with van der Waals surface area (Å²) < 4.78 is 20.8. The molecule has 29 heavy (non-hydrogen) atoms. The number of aromatic nitrogens is 1. The van der Waals surface area contributed by atoms with Crippen LogP contribution in [-0.4, -0.2) is 18.0 Å². The van der Waals surface area contributed by atoms with Crippen molar-refractivity contribution in [2.24, 2.45) is 0 Å². The number of rotatable bonds is 6. The van der Waals surface area contributed by atoms with Gasteiger partial charge in [0.15, 0.2) is 0 Å². The van der Waals surface area contributed by atoms with Gasteiger partial charge in [0.1, 0.15) is 11.6 Å². The van der Waals surface area contributed by atoms with Gasteiger partial charge in [0.05, 0.1) is 24.4 Å². The lowest BCUT2D eigenvalue weighted by Crippen LogP contribution is -2.24. The van der Waals surface area contributed by atoms with Gasteiger partial charge in [-0.15, -0.1) is 0 Å². The Bertz CT molecular complexity index is 1020. The van der Waals surface area contributed by atoms with Crippen LogP contribution in [0.4, 0.5) is 4.39 Å². The molecule has 1 aromatic heterocycles. The van der Waals surface area contributed by atoms with Crippen LogP contribution < -0.4 is 10.1 Å². The third-order valence-corrected chi connectivity index (χ3v) is 4.86. The number of hydrogen-bond acceptors (Lipinski definition) is 3. The van der Waals surface area contributed by atoms with E-state index < -0.39 is 0 Å². The Morgan fingerprint density at radius 2 is 2.03 bits per heavy atom. The van der Waals surface area contributed by atoms with E-state index >= 15 is 4.39 Å². The Morgan fingerprint density at radius 3 is 2.66 bits per heavy atom. The first kappa shape index (κ1) is 20.8. The molecule has 1 N–H and O–H groups in total. The highest BCUT2D eigenvalue weighted by molar-refractivity contribution is 6.30. The van der Waals surface area contributed by atoms with Crippen LogP contribution in [0.25, 0.3) is 11.1 Å². The van der Waals surface area contributed by atoms with Gasteiger partial charge in [-0.1, -0.05) is 35.9 Å². The number of halogens is 2. The molecule has 0 spiro atoms. The molecule has 150 valence electrons. The summed E-state index contributed by atoms with van der Waals surface area (Å²) in [4.78, 5) is 15.6. The summed E-state index contributed by atoms with van der Waals surface area (Å²) in [7, 11) is 1.52. The normalized spacial score (nSPS) is 11.8. The minimum absolute atomic E-state index is 0.114. The van der Waals surface area contributed by atoms with Crippen LogP contribution in [0.3, 0.4) is 0 Å². The predicted octanol–water partition coefficient (Wildman–Crippen LogP) is 5.34. The predicted molar refractivity (Wildman–Crippen MR) is 113 cm³/mol. The molecule has 0 saturated heterocycles. The summed E-state index contributed by atoms with van der Waals surface area (Å²) in [5.41, 5.74) is 3.19. The van der Waals surface area contributed by atoms with Gasteiger partial charge in [-0.3, -0.25) is 9.78 Å². The van der Waals surface area contributed by atoms with Crippen LogP contribution in [0.5, 0.6) is 5.75 Å². The number of carbonyl (C=O) groups is 1. The van der Waals surface area contributed by atoms with Gasteiger partial charge in [0.2, 0.25) is 5.91 Å². The topological polar surface area (TPSA) is 51.2 Å². The number of benzene rings is 2. The lowest BCUT2D eigenvalue weighted by atomic mass is 9.97. The second-order valence-electron chi connectivity index (χ2n) is 6.82. The smallest absolute Gasteiger partial charge is 0.217 e. The van der Waals surface area contributed by atoms with E-state index in [1.807, 2.05) is 19.1 Å². The SMILES string of the molecule is COc1ccc(Cc2ccc(C(C)NC(C)=O)nc2)c(F)c1-c1cccc(Cl)c1. The summed E-state index contributed by atoms with van der Waals surface area (Å²) >= 11 is 6.09. The molecule has 4 nitrogen and oxygen atoms in total. The Labute approximate surface area is 174 Å². The third-order valence-electron chi connectivity index (χ3n) is 4.62. The highest BCUT2D eigenvalue weighted by Crippen LogP contribution is 2.36. The Morgan fingerprint density at radius 1 is 1.24 bits per heavy atom. The van der Waals surface area contributed by atoms with Crippen LogP contribution in [-0.2, 0) is 11.2 Å². The Hall–Kier alpha value is -2.92. The number of nitrogens with one attached hydrogen (secondary N) is 1. The third kappa shape index (κ3) is 4.93. The molecule has 6 heteroatoms. The summed E-state index contributed by atoms with van der Waals surface area (Å²) in [6.45, 7) is 3.33. The summed E-state index contributed by atoms with van der Waals surface area (Å²) in [5.74, 6) is -0.00865. The standard InChI is InChI=1S/C23H22ClFN2O2/c1-14(27-15(2)28)20-9-7-16(13-26-20)11-18-8-10-21(29-3)22(23(18)25)17-5-4-6-19(24)12-17/h4-10,12-14H,11H2,1-3H3,(H,27,28). The maximum absolute atomic E-state index is 15.4. The molecule has 0 aliphatic heterocycles. The first-order valence-corrected chi connectivity index (χ1v) is 9.60. The average molecular weight is 413 g/mol. The van der Waals surface area contributed by atoms with E-state index in [2.05, 4.69) is 10.3 Å². The fourth-order valence-electron chi connectivity index (χ4n) is 3.22. The summed E-state index contributed by atoms with van der Waals surface area (Å²) in [6.07, 6.45) is 2.08. The van der Waals surface area contributed by atoms with Gasteiger partial charge < -0.3 is 10.1 Å². The zero-order chi connectivity index (χ0) is 21.0. The van der Waals surface area contributed by atoms with Crippen molar-refractivity contribution < 1.29 is 13.9 Å². The average Bonchev–Trinajstić information content (AvgIpc) is 2.69. The first-order chi connectivity index (χ1) is 13.9. The molecule has 0 bridgehead atoms. The lowest BCUT2D eigenvalue weighted by Gasteiger charge is -2.15. The van der Waals surface area contributed by atoms with Crippen LogP contribution in [0.1, 0.15) is 36.7 Å². The molecule has 1 amide bonds. The van der Waals surface area contributed by atoms with E-state index in [0.717, 1.165) is 11.3 Å². The number of methoxy groups -OCH3 is 1. The number of amides is 1.